The van der Waals surface area contributed by atoms with Crippen molar-refractivity contribution in [1.82, 2.24) is 5.32 Å². The zero-order valence-electron chi connectivity index (χ0n) is 21.2. The van der Waals surface area contributed by atoms with Crippen molar-refractivity contribution in [2.24, 2.45) is 0 Å². The Balaban J connectivity index is 1.53. The summed E-state index contributed by atoms with van der Waals surface area (Å²) in [6.45, 7) is 5.62. The Hall–Kier alpha value is -4.20. The van der Waals surface area contributed by atoms with Crippen LogP contribution in [-0.4, -0.2) is 38.7 Å². The predicted molar refractivity (Wildman–Crippen MR) is 138 cm³/mol. The summed E-state index contributed by atoms with van der Waals surface area (Å²) in [4.78, 5) is 24.9. The van der Waals surface area contributed by atoms with Crippen molar-refractivity contribution < 1.29 is 28.5 Å². The number of amides is 2. The molecule has 190 valence electrons. The van der Waals surface area contributed by atoms with Gasteiger partial charge in [-0.3, -0.25) is 9.59 Å². The largest absolute Gasteiger partial charge is 0.497 e. The summed E-state index contributed by atoms with van der Waals surface area (Å²) in [5.41, 5.74) is 1.98. The number of hydrogen-bond acceptors (Lipinski definition) is 6. The number of carbonyl (C=O) groups is 2. The lowest BCUT2D eigenvalue weighted by Gasteiger charge is -2.18. The highest BCUT2D eigenvalue weighted by Gasteiger charge is 2.15. The second-order valence-electron chi connectivity index (χ2n) is 8.37. The van der Waals surface area contributed by atoms with Gasteiger partial charge in [0.05, 0.1) is 26.4 Å². The fourth-order valence-corrected chi connectivity index (χ4v) is 3.42. The van der Waals surface area contributed by atoms with Crippen LogP contribution in [0.15, 0.2) is 66.7 Å². The Bertz CT molecular complexity index is 1180. The molecule has 3 aromatic rings. The van der Waals surface area contributed by atoms with Gasteiger partial charge in [-0.2, -0.15) is 0 Å². The van der Waals surface area contributed by atoms with Gasteiger partial charge in [0.2, 0.25) is 0 Å². The van der Waals surface area contributed by atoms with Crippen LogP contribution in [-0.2, 0) is 4.79 Å². The van der Waals surface area contributed by atoms with E-state index in [2.05, 4.69) is 10.6 Å². The number of rotatable bonds is 11. The quantitative estimate of drug-likeness (QED) is 0.391. The molecule has 0 aliphatic carbocycles. The van der Waals surface area contributed by atoms with Crippen molar-refractivity contribution in [2.75, 3.05) is 26.1 Å². The van der Waals surface area contributed by atoms with Crippen LogP contribution >= 0.6 is 0 Å². The first-order chi connectivity index (χ1) is 17.3. The molecular weight excluding hydrogens is 460 g/mol. The normalized spacial score (nSPS) is 11.4. The van der Waals surface area contributed by atoms with Crippen molar-refractivity contribution in [2.45, 2.75) is 32.9 Å². The summed E-state index contributed by atoms with van der Waals surface area (Å²) in [5.74, 6) is 1.85. The molecule has 1 unspecified atom stereocenters. The molecule has 2 amide bonds. The monoisotopic (exact) mass is 492 g/mol. The van der Waals surface area contributed by atoms with E-state index in [4.69, 9.17) is 18.9 Å². The highest BCUT2D eigenvalue weighted by molar-refractivity contribution is 5.94. The third-order valence-electron chi connectivity index (χ3n) is 5.24. The number of hydrogen-bond donors (Lipinski definition) is 2. The topological polar surface area (TPSA) is 95.1 Å². The van der Waals surface area contributed by atoms with E-state index in [1.54, 1.807) is 62.8 Å². The molecule has 36 heavy (non-hydrogen) atoms. The van der Waals surface area contributed by atoms with E-state index in [-0.39, 0.29) is 30.6 Å². The van der Waals surface area contributed by atoms with Gasteiger partial charge in [-0.1, -0.05) is 12.1 Å². The summed E-state index contributed by atoms with van der Waals surface area (Å²) < 4.78 is 21.9. The third kappa shape index (κ3) is 7.40. The minimum absolute atomic E-state index is 0.0242. The van der Waals surface area contributed by atoms with Crippen molar-refractivity contribution in [3.63, 3.8) is 0 Å². The number of nitrogens with one attached hydrogen (secondary N) is 2. The van der Waals surface area contributed by atoms with Gasteiger partial charge >= 0.3 is 0 Å². The fourth-order valence-electron chi connectivity index (χ4n) is 3.42. The second-order valence-corrected chi connectivity index (χ2v) is 8.37. The van der Waals surface area contributed by atoms with E-state index in [0.29, 0.717) is 34.2 Å². The molecule has 8 nitrogen and oxygen atoms in total. The molecule has 8 heteroatoms. The number of benzene rings is 3. The summed E-state index contributed by atoms with van der Waals surface area (Å²) in [5, 5.41) is 5.73. The van der Waals surface area contributed by atoms with E-state index < -0.39 is 0 Å². The minimum Gasteiger partial charge on any atom is -0.497 e. The van der Waals surface area contributed by atoms with Crippen LogP contribution in [0.5, 0.6) is 23.0 Å². The van der Waals surface area contributed by atoms with E-state index in [1.165, 1.54) is 0 Å². The van der Waals surface area contributed by atoms with E-state index >= 15 is 0 Å². The number of carbonyl (C=O) groups excluding carboxylic acids is 2. The first-order valence-corrected chi connectivity index (χ1v) is 11.6. The lowest BCUT2D eigenvalue weighted by Crippen LogP contribution is -2.26. The molecule has 0 aliphatic heterocycles. The number of anilines is 1. The molecule has 0 bridgehead atoms. The summed E-state index contributed by atoms with van der Waals surface area (Å²) >= 11 is 0. The lowest BCUT2D eigenvalue weighted by molar-refractivity contribution is -0.118. The van der Waals surface area contributed by atoms with E-state index in [0.717, 1.165) is 5.56 Å². The zero-order valence-corrected chi connectivity index (χ0v) is 21.2. The van der Waals surface area contributed by atoms with E-state index in [9.17, 15) is 9.59 Å². The maximum absolute atomic E-state index is 12.7. The Labute approximate surface area is 211 Å². The SMILES string of the molecule is COc1cccc(NC(=O)COc2ccc(C(=O)NC(C)c3ccc(OC(C)C)c(OC)c3)cc2)c1. The zero-order chi connectivity index (χ0) is 26.1. The fraction of sp³-hybridized carbons (Fsp3) is 0.286. The van der Waals surface area contributed by atoms with Crippen LogP contribution in [0.2, 0.25) is 0 Å². The Morgan fingerprint density at radius 1 is 0.833 bits per heavy atom. The molecule has 0 radical (unpaired) electrons. The number of ether oxygens (including phenoxy) is 4. The molecule has 3 aromatic carbocycles. The van der Waals surface area contributed by atoms with Gasteiger partial charge in [0.25, 0.3) is 11.8 Å². The van der Waals surface area contributed by atoms with Gasteiger partial charge in [0.1, 0.15) is 11.5 Å². The van der Waals surface area contributed by atoms with Crippen molar-refractivity contribution in [3.8, 4) is 23.0 Å². The molecule has 0 saturated heterocycles. The molecule has 0 heterocycles. The molecule has 0 aliphatic rings. The van der Waals surface area contributed by atoms with Crippen LogP contribution in [0.25, 0.3) is 0 Å². The van der Waals surface area contributed by atoms with Crippen molar-refractivity contribution >= 4 is 17.5 Å². The third-order valence-corrected chi connectivity index (χ3v) is 5.24. The molecule has 1 atom stereocenters. The van der Waals surface area contributed by atoms with Crippen LogP contribution in [0.4, 0.5) is 5.69 Å². The Kier molecular flexibility index (Phi) is 9.16. The molecule has 0 spiro atoms. The smallest absolute Gasteiger partial charge is 0.262 e. The standard InChI is InChI=1S/C28H32N2O6/c1-18(2)36-25-14-11-21(15-26(25)34-5)19(3)29-28(32)20-9-12-23(13-10-20)35-17-27(31)30-22-7-6-8-24(16-22)33-4/h6-16,18-19H,17H2,1-5H3,(H,29,32)(H,30,31). The Morgan fingerprint density at radius 2 is 1.58 bits per heavy atom. The van der Waals surface area contributed by atoms with Gasteiger partial charge in [0.15, 0.2) is 18.1 Å². The summed E-state index contributed by atoms with van der Waals surface area (Å²) in [6.07, 6.45) is 0.0242. The van der Waals surface area contributed by atoms with Crippen molar-refractivity contribution in [3.05, 3.63) is 77.9 Å². The maximum Gasteiger partial charge on any atom is 0.262 e. The molecule has 0 saturated carbocycles. The average Bonchev–Trinajstić information content (AvgIpc) is 2.87. The number of methoxy groups -OCH3 is 2. The predicted octanol–water partition coefficient (Wildman–Crippen LogP) is 5.00. The van der Waals surface area contributed by atoms with Crippen LogP contribution < -0.4 is 29.6 Å². The molecule has 0 aromatic heterocycles. The second kappa shape index (κ2) is 12.5. The first kappa shape index (κ1) is 26.4. The average molecular weight is 493 g/mol. The molecule has 2 N–H and O–H groups in total. The Morgan fingerprint density at radius 3 is 2.25 bits per heavy atom. The summed E-state index contributed by atoms with van der Waals surface area (Å²) in [7, 11) is 3.15. The highest BCUT2D eigenvalue weighted by atomic mass is 16.5. The molecular formula is C28H32N2O6. The van der Waals surface area contributed by atoms with Crippen LogP contribution in [0.1, 0.15) is 42.7 Å². The van der Waals surface area contributed by atoms with Crippen molar-refractivity contribution in [1.29, 1.82) is 0 Å². The molecule has 3 rings (SSSR count). The van der Waals surface area contributed by atoms with Gasteiger partial charge in [0, 0.05) is 17.3 Å². The highest BCUT2D eigenvalue weighted by Crippen LogP contribution is 2.31. The van der Waals surface area contributed by atoms with Gasteiger partial charge < -0.3 is 29.6 Å². The van der Waals surface area contributed by atoms with E-state index in [1.807, 2.05) is 39.0 Å². The minimum atomic E-state index is -0.306. The van der Waals surface area contributed by atoms with Gasteiger partial charge in [-0.25, -0.2) is 0 Å². The summed E-state index contributed by atoms with van der Waals surface area (Å²) in [6, 6.07) is 19.0. The first-order valence-electron chi connectivity index (χ1n) is 11.6. The maximum atomic E-state index is 12.7. The molecule has 0 fully saturated rings. The van der Waals surface area contributed by atoms with Crippen LogP contribution in [0.3, 0.4) is 0 Å². The van der Waals surface area contributed by atoms with Gasteiger partial charge in [-0.15, -0.1) is 0 Å². The van der Waals surface area contributed by atoms with Crippen LogP contribution in [0, 0.1) is 0 Å². The van der Waals surface area contributed by atoms with Gasteiger partial charge in [-0.05, 0) is 74.9 Å². The lowest BCUT2D eigenvalue weighted by atomic mass is 10.1.